The van der Waals surface area contributed by atoms with Crippen molar-refractivity contribution < 1.29 is 14.3 Å². The van der Waals surface area contributed by atoms with Crippen molar-refractivity contribution in [1.29, 1.82) is 0 Å². The van der Waals surface area contributed by atoms with Crippen LogP contribution in [-0.4, -0.2) is 61.1 Å². The molecule has 2 aliphatic rings. The number of nitrogens with zero attached hydrogens (tertiary/aromatic N) is 3. The highest BCUT2D eigenvalue weighted by molar-refractivity contribution is 5.96. The van der Waals surface area contributed by atoms with Gasteiger partial charge in [0, 0.05) is 31.9 Å². The highest BCUT2D eigenvalue weighted by Crippen LogP contribution is 2.23. The number of ether oxygens (including phenoxy) is 1. The van der Waals surface area contributed by atoms with Gasteiger partial charge in [-0.05, 0) is 50.5 Å². The van der Waals surface area contributed by atoms with E-state index >= 15 is 0 Å². The zero-order chi connectivity index (χ0) is 16.9. The number of urea groups is 1. The largest absolute Gasteiger partial charge is 0.494 e. The van der Waals surface area contributed by atoms with Crippen LogP contribution in [-0.2, 0) is 4.79 Å². The number of likely N-dealkylation sites (tertiary alicyclic amines) is 1. The molecule has 3 amide bonds. The van der Waals surface area contributed by atoms with Crippen LogP contribution in [0, 0.1) is 0 Å². The van der Waals surface area contributed by atoms with Gasteiger partial charge in [-0.1, -0.05) is 0 Å². The number of hydrogen-bond acceptors (Lipinski definition) is 3. The third kappa shape index (κ3) is 3.63. The van der Waals surface area contributed by atoms with Gasteiger partial charge in [0.2, 0.25) is 5.91 Å². The van der Waals surface area contributed by atoms with Crippen LogP contribution in [0.2, 0.25) is 0 Å². The Hall–Kier alpha value is -2.24. The third-order valence-electron chi connectivity index (χ3n) is 4.59. The zero-order valence-corrected chi connectivity index (χ0v) is 14.2. The van der Waals surface area contributed by atoms with E-state index in [1.165, 1.54) is 6.42 Å². The molecule has 6 nitrogen and oxygen atoms in total. The van der Waals surface area contributed by atoms with Crippen molar-refractivity contribution in [2.75, 3.05) is 44.2 Å². The number of hydrogen-bond donors (Lipinski definition) is 0. The van der Waals surface area contributed by atoms with Crippen molar-refractivity contribution in [2.45, 2.75) is 26.2 Å². The molecule has 2 fully saturated rings. The van der Waals surface area contributed by atoms with Crippen LogP contribution in [0.1, 0.15) is 26.2 Å². The maximum atomic E-state index is 12.6. The van der Waals surface area contributed by atoms with Crippen LogP contribution in [0.25, 0.3) is 0 Å². The molecule has 0 unspecified atom stereocenters. The minimum atomic E-state index is -0.0930. The molecule has 0 aromatic heterocycles. The molecule has 24 heavy (non-hydrogen) atoms. The molecule has 1 aromatic carbocycles. The molecule has 0 aliphatic carbocycles. The first-order valence-electron chi connectivity index (χ1n) is 8.76. The van der Waals surface area contributed by atoms with E-state index < -0.39 is 0 Å². The van der Waals surface area contributed by atoms with Crippen LogP contribution >= 0.6 is 0 Å². The fourth-order valence-electron chi connectivity index (χ4n) is 3.26. The average molecular weight is 331 g/mol. The van der Waals surface area contributed by atoms with Crippen molar-refractivity contribution >= 4 is 17.6 Å². The van der Waals surface area contributed by atoms with Crippen LogP contribution in [0.4, 0.5) is 10.5 Å². The Morgan fingerprint density at radius 2 is 1.75 bits per heavy atom. The number of amides is 3. The first-order chi connectivity index (χ1) is 11.7. The van der Waals surface area contributed by atoms with Gasteiger partial charge in [0.25, 0.3) is 0 Å². The topological polar surface area (TPSA) is 53.1 Å². The summed E-state index contributed by atoms with van der Waals surface area (Å²) in [6.45, 7) is 5.59. The monoisotopic (exact) mass is 331 g/mol. The summed E-state index contributed by atoms with van der Waals surface area (Å²) in [7, 11) is 0. The number of rotatable bonds is 5. The molecule has 6 heteroatoms. The molecule has 0 radical (unpaired) electrons. The van der Waals surface area contributed by atoms with Crippen molar-refractivity contribution in [2.24, 2.45) is 0 Å². The van der Waals surface area contributed by atoms with E-state index in [2.05, 4.69) is 0 Å². The molecule has 0 atom stereocenters. The summed E-state index contributed by atoms with van der Waals surface area (Å²) in [6, 6.07) is 7.42. The van der Waals surface area contributed by atoms with Crippen molar-refractivity contribution in [3.8, 4) is 5.75 Å². The second-order valence-electron chi connectivity index (χ2n) is 6.22. The highest BCUT2D eigenvalue weighted by atomic mass is 16.5. The van der Waals surface area contributed by atoms with Gasteiger partial charge in [0.15, 0.2) is 0 Å². The van der Waals surface area contributed by atoms with E-state index in [4.69, 9.17) is 4.74 Å². The maximum Gasteiger partial charge on any atom is 0.325 e. The predicted molar refractivity (Wildman–Crippen MR) is 92.4 cm³/mol. The standard InChI is InChI=1S/C18H25N3O3/c1-2-24-16-8-6-15(7-9-16)21-13-12-20(18(21)23)14-17(22)19-10-4-3-5-11-19/h6-9H,2-5,10-14H2,1H3. The normalized spacial score (nSPS) is 18.2. The summed E-state index contributed by atoms with van der Waals surface area (Å²) in [5.74, 6) is 0.863. The van der Waals surface area contributed by atoms with Gasteiger partial charge in [-0.15, -0.1) is 0 Å². The fraction of sp³-hybridized carbons (Fsp3) is 0.556. The summed E-state index contributed by atoms with van der Waals surface area (Å²) in [5.41, 5.74) is 0.844. The van der Waals surface area contributed by atoms with Crippen molar-refractivity contribution in [3.63, 3.8) is 0 Å². The van der Waals surface area contributed by atoms with E-state index in [1.54, 1.807) is 9.80 Å². The molecule has 130 valence electrons. The summed E-state index contributed by atoms with van der Waals surface area (Å²) in [4.78, 5) is 30.2. The molecule has 2 aliphatic heterocycles. The van der Waals surface area contributed by atoms with E-state index in [-0.39, 0.29) is 18.5 Å². The first kappa shape index (κ1) is 16.6. The lowest BCUT2D eigenvalue weighted by atomic mass is 10.1. The van der Waals surface area contributed by atoms with E-state index in [0.29, 0.717) is 19.7 Å². The van der Waals surface area contributed by atoms with E-state index in [1.807, 2.05) is 36.1 Å². The second kappa shape index (κ2) is 7.55. The Bertz CT molecular complexity index is 582. The Morgan fingerprint density at radius 3 is 2.42 bits per heavy atom. The number of carbonyl (C=O) groups is 2. The quantitative estimate of drug-likeness (QED) is 0.832. The Labute approximate surface area is 143 Å². The molecule has 3 rings (SSSR count). The molecule has 2 heterocycles. The lowest BCUT2D eigenvalue weighted by Gasteiger charge is -2.28. The lowest BCUT2D eigenvalue weighted by Crippen LogP contribution is -2.44. The predicted octanol–water partition coefficient (Wildman–Crippen LogP) is 2.34. The Morgan fingerprint density at radius 1 is 1.04 bits per heavy atom. The zero-order valence-electron chi connectivity index (χ0n) is 14.2. The number of carbonyl (C=O) groups excluding carboxylic acids is 2. The molecular weight excluding hydrogens is 306 g/mol. The molecule has 0 saturated carbocycles. The van der Waals surface area contributed by atoms with Gasteiger partial charge in [0.05, 0.1) is 6.61 Å². The first-order valence-corrected chi connectivity index (χ1v) is 8.76. The maximum absolute atomic E-state index is 12.6. The fourth-order valence-corrected chi connectivity index (χ4v) is 3.26. The molecule has 0 bridgehead atoms. The minimum Gasteiger partial charge on any atom is -0.494 e. The van der Waals surface area contributed by atoms with Gasteiger partial charge in [0.1, 0.15) is 12.3 Å². The second-order valence-corrected chi connectivity index (χ2v) is 6.22. The summed E-state index contributed by atoms with van der Waals surface area (Å²) < 4.78 is 5.43. The summed E-state index contributed by atoms with van der Waals surface area (Å²) >= 11 is 0. The molecule has 0 spiro atoms. The van der Waals surface area contributed by atoms with Crippen molar-refractivity contribution in [1.82, 2.24) is 9.80 Å². The summed E-state index contributed by atoms with van der Waals surface area (Å²) in [6.07, 6.45) is 3.33. The third-order valence-corrected chi connectivity index (χ3v) is 4.59. The van der Waals surface area contributed by atoms with Crippen LogP contribution in [0.5, 0.6) is 5.75 Å². The highest BCUT2D eigenvalue weighted by Gasteiger charge is 2.32. The number of anilines is 1. The Kier molecular flexibility index (Phi) is 5.23. The molecule has 2 saturated heterocycles. The van der Waals surface area contributed by atoms with Gasteiger partial charge >= 0.3 is 6.03 Å². The molecule has 1 aromatic rings. The van der Waals surface area contributed by atoms with Gasteiger partial charge in [-0.3, -0.25) is 9.69 Å². The van der Waals surface area contributed by atoms with E-state index in [9.17, 15) is 9.59 Å². The molecular formula is C18H25N3O3. The van der Waals surface area contributed by atoms with E-state index in [0.717, 1.165) is 37.4 Å². The Balaban J connectivity index is 1.59. The van der Waals surface area contributed by atoms with Crippen LogP contribution in [0.3, 0.4) is 0 Å². The average Bonchev–Trinajstić information content (AvgIpc) is 2.97. The minimum absolute atomic E-state index is 0.0663. The van der Waals surface area contributed by atoms with Crippen LogP contribution < -0.4 is 9.64 Å². The van der Waals surface area contributed by atoms with Crippen LogP contribution in [0.15, 0.2) is 24.3 Å². The SMILES string of the molecule is CCOc1ccc(N2CCN(CC(=O)N3CCCCC3)C2=O)cc1. The summed E-state index contributed by atoms with van der Waals surface area (Å²) in [5, 5.41) is 0. The van der Waals surface area contributed by atoms with Gasteiger partial charge < -0.3 is 14.5 Å². The van der Waals surface area contributed by atoms with Crippen molar-refractivity contribution in [3.05, 3.63) is 24.3 Å². The lowest BCUT2D eigenvalue weighted by molar-refractivity contribution is -0.132. The van der Waals surface area contributed by atoms with Gasteiger partial charge in [-0.25, -0.2) is 4.79 Å². The number of benzene rings is 1. The van der Waals surface area contributed by atoms with Gasteiger partial charge in [-0.2, -0.15) is 0 Å². The number of piperidine rings is 1. The smallest absolute Gasteiger partial charge is 0.325 e. The molecule has 0 N–H and O–H groups in total.